The number of carbonyl (C=O) groups is 1. The van der Waals surface area contributed by atoms with Crippen LogP contribution < -0.4 is 31.3 Å². The molecule has 1 atom stereocenters. The molecule has 5 heterocycles. The van der Waals surface area contributed by atoms with Gasteiger partial charge in [0.15, 0.2) is 5.82 Å². The lowest BCUT2D eigenvalue weighted by Gasteiger charge is -2.35. The van der Waals surface area contributed by atoms with Crippen LogP contribution in [-0.2, 0) is 5.66 Å². The van der Waals surface area contributed by atoms with Crippen molar-refractivity contribution < 1.29 is 18.0 Å². The van der Waals surface area contributed by atoms with Crippen molar-refractivity contribution in [2.75, 3.05) is 40.1 Å². The number of anilines is 4. The molecule has 38 heavy (non-hydrogen) atoms. The average molecular weight is 522 g/mol. The second-order valence-electron chi connectivity index (χ2n) is 9.13. The SMILES string of the molecule is C#CCNc1nccc(NC(=O)N2c3nc(-c4ccc(C5(C(F)(F)F)NN5)cc4)ccc3N3CC[C@H]2C3)n1. The van der Waals surface area contributed by atoms with Gasteiger partial charge < -0.3 is 10.2 Å². The van der Waals surface area contributed by atoms with E-state index >= 15 is 0 Å². The summed E-state index contributed by atoms with van der Waals surface area (Å²) in [6, 6.07) is 10.8. The minimum atomic E-state index is -4.48. The number of fused-ring (bicyclic) bond motifs is 4. The minimum absolute atomic E-state index is 0.0535. The molecule has 194 valence electrons. The van der Waals surface area contributed by atoms with E-state index in [2.05, 4.69) is 42.3 Å². The number of alkyl halides is 3. The molecule has 3 aromatic rings. The Kier molecular flexibility index (Phi) is 5.59. The maximum atomic E-state index is 13.5. The zero-order valence-corrected chi connectivity index (χ0v) is 19.9. The Morgan fingerprint density at radius 3 is 2.66 bits per heavy atom. The van der Waals surface area contributed by atoms with Gasteiger partial charge in [0.05, 0.1) is 24.0 Å². The van der Waals surface area contributed by atoms with Crippen molar-refractivity contribution in [3.8, 4) is 23.6 Å². The molecule has 10 nitrogen and oxygen atoms in total. The number of halogens is 3. The van der Waals surface area contributed by atoms with Crippen LogP contribution in [0.2, 0.25) is 0 Å². The zero-order valence-electron chi connectivity index (χ0n) is 19.9. The van der Waals surface area contributed by atoms with Crippen molar-refractivity contribution in [3.05, 3.63) is 54.2 Å². The number of aromatic nitrogens is 3. The van der Waals surface area contributed by atoms with Gasteiger partial charge >= 0.3 is 12.2 Å². The highest BCUT2D eigenvalue weighted by Gasteiger charge is 2.65. The summed E-state index contributed by atoms with van der Waals surface area (Å²) in [7, 11) is 0. The average Bonchev–Trinajstić information content (AvgIpc) is 3.64. The van der Waals surface area contributed by atoms with Crippen molar-refractivity contribution in [1.82, 2.24) is 25.8 Å². The number of hydrogen-bond acceptors (Lipinski definition) is 8. The van der Waals surface area contributed by atoms with Gasteiger partial charge in [-0.3, -0.25) is 10.2 Å². The summed E-state index contributed by atoms with van der Waals surface area (Å²) in [6.45, 7) is 1.70. The zero-order chi connectivity index (χ0) is 26.5. The van der Waals surface area contributed by atoms with Crippen LogP contribution in [0.4, 0.5) is 41.2 Å². The van der Waals surface area contributed by atoms with Gasteiger partial charge in [-0.1, -0.05) is 30.2 Å². The molecule has 6 rings (SSSR count). The third-order valence-electron chi connectivity index (χ3n) is 6.82. The van der Waals surface area contributed by atoms with E-state index in [1.165, 1.54) is 18.3 Å². The third-order valence-corrected chi connectivity index (χ3v) is 6.82. The van der Waals surface area contributed by atoms with Gasteiger partial charge in [0.1, 0.15) is 5.82 Å². The molecule has 0 unspecified atom stereocenters. The van der Waals surface area contributed by atoms with Crippen LogP contribution in [0.1, 0.15) is 12.0 Å². The first-order chi connectivity index (χ1) is 18.3. The summed E-state index contributed by atoms with van der Waals surface area (Å²) in [5.74, 6) is 3.52. The lowest BCUT2D eigenvalue weighted by Crippen LogP contribution is -2.48. The Bertz CT molecular complexity index is 1430. The van der Waals surface area contributed by atoms with Crippen LogP contribution >= 0.6 is 0 Å². The predicted octanol–water partition coefficient (Wildman–Crippen LogP) is 3.04. The number of terminal acetylenes is 1. The third kappa shape index (κ3) is 4.04. The maximum absolute atomic E-state index is 13.5. The van der Waals surface area contributed by atoms with Crippen LogP contribution in [0, 0.1) is 12.3 Å². The highest BCUT2D eigenvalue weighted by Crippen LogP contribution is 2.43. The molecule has 13 heteroatoms. The molecule has 4 N–H and O–H groups in total. The number of carbonyl (C=O) groups excluding carboxylic acids is 1. The molecule has 3 aliphatic rings. The molecule has 2 bridgehead atoms. The first-order valence-corrected chi connectivity index (χ1v) is 11.9. The van der Waals surface area contributed by atoms with E-state index in [4.69, 9.17) is 11.4 Å². The molecular weight excluding hydrogens is 499 g/mol. The van der Waals surface area contributed by atoms with Gasteiger partial charge in [-0.05, 0) is 30.2 Å². The van der Waals surface area contributed by atoms with E-state index in [0.717, 1.165) is 18.7 Å². The normalized spacial score (nSPS) is 18.9. The Morgan fingerprint density at radius 1 is 1.16 bits per heavy atom. The number of nitrogens with one attached hydrogen (secondary N) is 4. The van der Waals surface area contributed by atoms with Gasteiger partial charge in [-0.25, -0.2) is 25.6 Å². The first-order valence-electron chi connectivity index (χ1n) is 11.9. The van der Waals surface area contributed by atoms with Crippen LogP contribution in [0.15, 0.2) is 48.7 Å². The van der Waals surface area contributed by atoms with Gasteiger partial charge in [0.25, 0.3) is 0 Å². The molecule has 3 aliphatic heterocycles. The van der Waals surface area contributed by atoms with Crippen LogP contribution in [0.5, 0.6) is 0 Å². The Hall–Kier alpha value is -4.41. The fraction of sp³-hybridized carbons (Fsp3) is 0.280. The molecule has 0 radical (unpaired) electrons. The van der Waals surface area contributed by atoms with Gasteiger partial charge in [-0.2, -0.15) is 18.2 Å². The van der Waals surface area contributed by atoms with E-state index in [9.17, 15) is 18.0 Å². The summed E-state index contributed by atoms with van der Waals surface area (Å²) < 4.78 is 40.3. The van der Waals surface area contributed by atoms with Gasteiger partial charge in [0.2, 0.25) is 11.6 Å². The quantitative estimate of drug-likeness (QED) is 0.298. The highest BCUT2D eigenvalue weighted by molar-refractivity contribution is 6.04. The van der Waals surface area contributed by atoms with E-state index in [1.54, 1.807) is 23.1 Å². The molecule has 2 amide bonds. The number of benzene rings is 1. The summed E-state index contributed by atoms with van der Waals surface area (Å²) in [4.78, 5) is 30.4. The number of amides is 2. The second-order valence-corrected chi connectivity index (χ2v) is 9.13. The number of urea groups is 1. The van der Waals surface area contributed by atoms with Crippen molar-refractivity contribution in [2.45, 2.75) is 24.3 Å². The lowest BCUT2D eigenvalue weighted by molar-refractivity contribution is -0.165. The topological polar surface area (TPSA) is 130 Å². The van der Waals surface area contributed by atoms with Gasteiger partial charge in [0, 0.05) is 24.8 Å². The largest absolute Gasteiger partial charge is 0.426 e. The van der Waals surface area contributed by atoms with Crippen molar-refractivity contribution in [2.24, 2.45) is 0 Å². The molecule has 2 aromatic heterocycles. The fourth-order valence-corrected chi connectivity index (χ4v) is 4.85. The number of pyridine rings is 1. The van der Waals surface area contributed by atoms with Crippen molar-refractivity contribution >= 4 is 29.3 Å². The number of rotatable bonds is 5. The Morgan fingerprint density at radius 2 is 1.95 bits per heavy atom. The number of nitrogens with zero attached hydrogens (tertiary/aromatic N) is 5. The van der Waals surface area contributed by atoms with Crippen molar-refractivity contribution in [3.63, 3.8) is 0 Å². The van der Waals surface area contributed by atoms with E-state index in [1.807, 2.05) is 12.1 Å². The Labute approximate surface area is 215 Å². The van der Waals surface area contributed by atoms with Crippen molar-refractivity contribution in [1.29, 1.82) is 0 Å². The summed E-state index contributed by atoms with van der Waals surface area (Å²) in [6.07, 6.45) is 3.07. The standard InChI is InChI=1S/C25H22F3N9O/c1-2-11-29-22-30-12-9-20(32-22)33-23(38)37-17-10-13-36(14-17)19-8-7-18(31-21(19)37)15-3-5-16(6-4-15)24(34-35-24)25(26,27)28/h1,3-9,12,17,34-35H,10-11,13-14H2,(H2,29,30,32,33,38)/t17-/m0/s1. The van der Waals surface area contributed by atoms with E-state index in [0.29, 0.717) is 35.4 Å². The number of hydrogen-bond donors (Lipinski definition) is 4. The van der Waals surface area contributed by atoms with E-state index < -0.39 is 17.9 Å². The smallest absolute Gasteiger partial charge is 0.366 e. The minimum Gasteiger partial charge on any atom is -0.366 e. The lowest BCUT2D eigenvalue weighted by atomic mass is 10.0. The van der Waals surface area contributed by atoms with Crippen LogP contribution in [0.25, 0.3) is 11.3 Å². The van der Waals surface area contributed by atoms with Gasteiger partial charge in [-0.15, -0.1) is 6.42 Å². The number of hydrazine groups is 1. The Balaban J connectivity index is 1.28. The molecule has 1 aromatic carbocycles. The monoisotopic (exact) mass is 521 g/mol. The maximum Gasteiger partial charge on any atom is 0.426 e. The molecule has 0 saturated carbocycles. The summed E-state index contributed by atoms with van der Waals surface area (Å²) in [5.41, 5.74) is 4.21. The molecular formula is C25H22F3N9O. The molecule has 2 fully saturated rings. The first kappa shape index (κ1) is 24.0. The fourth-order valence-electron chi connectivity index (χ4n) is 4.85. The second kappa shape index (κ2) is 8.86. The molecule has 2 saturated heterocycles. The summed E-state index contributed by atoms with van der Waals surface area (Å²) >= 11 is 0. The van der Waals surface area contributed by atoms with E-state index in [-0.39, 0.29) is 18.2 Å². The predicted molar refractivity (Wildman–Crippen MR) is 135 cm³/mol. The van der Waals surface area contributed by atoms with Crippen LogP contribution in [-0.4, -0.2) is 52.8 Å². The highest BCUT2D eigenvalue weighted by atomic mass is 19.4. The summed E-state index contributed by atoms with van der Waals surface area (Å²) in [5, 5.41) is 5.69. The molecule has 0 aliphatic carbocycles. The molecule has 0 spiro atoms. The van der Waals surface area contributed by atoms with Crippen LogP contribution in [0.3, 0.4) is 0 Å².